The first-order valence-corrected chi connectivity index (χ1v) is 8.52. The molecule has 0 spiro atoms. The minimum Gasteiger partial charge on any atom is -0.342 e. The van der Waals surface area contributed by atoms with E-state index in [-0.39, 0.29) is 11.8 Å². The molecule has 2 heterocycles. The Morgan fingerprint density at radius 2 is 2.21 bits per heavy atom. The Bertz CT molecular complexity index is 694. The number of rotatable bonds is 5. The molecule has 3 rings (SSSR count). The van der Waals surface area contributed by atoms with Crippen molar-refractivity contribution in [3.05, 3.63) is 53.7 Å². The van der Waals surface area contributed by atoms with Crippen LogP contribution in [0.2, 0.25) is 0 Å². The lowest BCUT2D eigenvalue weighted by atomic mass is 9.97. The Balaban J connectivity index is 1.48. The molecule has 5 nitrogen and oxygen atoms in total. The molecule has 1 aromatic carbocycles. The van der Waals surface area contributed by atoms with Gasteiger partial charge in [0.2, 0.25) is 11.8 Å². The number of aromatic nitrogens is 2. The number of hydrogen-bond donors (Lipinski definition) is 0. The van der Waals surface area contributed by atoms with Crippen molar-refractivity contribution in [2.75, 3.05) is 13.1 Å². The van der Waals surface area contributed by atoms with Gasteiger partial charge in [-0.1, -0.05) is 47.6 Å². The average molecular weight is 325 g/mol. The molecule has 0 aliphatic carbocycles. The summed E-state index contributed by atoms with van der Waals surface area (Å²) in [6.07, 6.45) is 7.43. The molecule has 126 valence electrons. The predicted molar refractivity (Wildman–Crippen MR) is 92.3 cm³/mol. The molecule has 1 saturated heterocycles. The average Bonchev–Trinajstić information content (AvgIpc) is 3.06. The fourth-order valence-corrected chi connectivity index (χ4v) is 3.04. The molecule has 24 heavy (non-hydrogen) atoms. The third-order valence-corrected chi connectivity index (χ3v) is 4.32. The molecule has 0 saturated carbocycles. The number of piperidine rings is 1. The lowest BCUT2D eigenvalue weighted by Crippen LogP contribution is -2.39. The summed E-state index contributed by atoms with van der Waals surface area (Å²) in [6, 6.07) is 10.1. The zero-order chi connectivity index (χ0) is 16.8. The van der Waals surface area contributed by atoms with Crippen LogP contribution in [0.4, 0.5) is 0 Å². The van der Waals surface area contributed by atoms with Gasteiger partial charge in [-0.2, -0.15) is 4.98 Å². The monoisotopic (exact) mass is 325 g/mol. The summed E-state index contributed by atoms with van der Waals surface area (Å²) < 4.78 is 5.06. The van der Waals surface area contributed by atoms with Gasteiger partial charge in [-0.3, -0.25) is 4.79 Å². The van der Waals surface area contributed by atoms with Gasteiger partial charge in [0.25, 0.3) is 0 Å². The third kappa shape index (κ3) is 4.31. The standard InChI is InChI=1S/C19H23N3O2/c1-15-20-19(21-24-15)17-11-7-13-22(14-17)18(23)12-6-5-10-16-8-3-2-4-9-16/h2-5,8-10,17H,6-7,11-14H2,1H3/b10-5+/t17-/m1/s1. The van der Waals surface area contributed by atoms with Crippen LogP contribution in [0.3, 0.4) is 0 Å². The smallest absolute Gasteiger partial charge is 0.223 e. The fraction of sp³-hybridized carbons (Fsp3) is 0.421. The molecule has 0 N–H and O–H groups in total. The number of carbonyl (C=O) groups is 1. The maximum atomic E-state index is 12.4. The molecular formula is C19H23N3O2. The highest BCUT2D eigenvalue weighted by molar-refractivity contribution is 5.76. The van der Waals surface area contributed by atoms with E-state index < -0.39 is 0 Å². The largest absolute Gasteiger partial charge is 0.342 e. The summed E-state index contributed by atoms with van der Waals surface area (Å²) in [5, 5.41) is 4.01. The molecule has 1 amide bonds. The van der Waals surface area contributed by atoms with Gasteiger partial charge in [0.1, 0.15) is 0 Å². The predicted octanol–water partition coefficient (Wildman–Crippen LogP) is 3.58. The van der Waals surface area contributed by atoms with Crippen LogP contribution in [0, 0.1) is 6.92 Å². The van der Waals surface area contributed by atoms with Crippen LogP contribution in [0.25, 0.3) is 6.08 Å². The van der Waals surface area contributed by atoms with Gasteiger partial charge in [-0.05, 0) is 24.8 Å². The van der Waals surface area contributed by atoms with Crippen molar-refractivity contribution >= 4 is 12.0 Å². The van der Waals surface area contributed by atoms with Crippen molar-refractivity contribution in [3.63, 3.8) is 0 Å². The summed E-state index contributed by atoms with van der Waals surface area (Å²) in [6.45, 7) is 3.32. The van der Waals surface area contributed by atoms with Crippen LogP contribution in [-0.2, 0) is 4.79 Å². The molecule has 1 atom stereocenters. The van der Waals surface area contributed by atoms with E-state index in [2.05, 4.69) is 34.4 Å². The summed E-state index contributed by atoms with van der Waals surface area (Å²) >= 11 is 0. The first-order chi connectivity index (χ1) is 11.7. The second-order valence-corrected chi connectivity index (χ2v) is 6.20. The van der Waals surface area contributed by atoms with Gasteiger partial charge in [0.05, 0.1) is 0 Å². The SMILES string of the molecule is Cc1nc([C@@H]2CCCN(C(=O)CC/C=C/c3ccccc3)C2)no1. The number of aryl methyl sites for hydroxylation is 1. The summed E-state index contributed by atoms with van der Waals surface area (Å²) in [5.41, 5.74) is 1.16. The van der Waals surface area contributed by atoms with E-state index in [0.717, 1.165) is 37.2 Å². The summed E-state index contributed by atoms with van der Waals surface area (Å²) in [7, 11) is 0. The highest BCUT2D eigenvalue weighted by Crippen LogP contribution is 2.25. The van der Waals surface area contributed by atoms with Crippen LogP contribution in [0.5, 0.6) is 0 Å². The fourth-order valence-electron chi connectivity index (χ4n) is 3.04. The molecule has 1 aliphatic rings. The van der Waals surface area contributed by atoms with E-state index in [1.165, 1.54) is 0 Å². The first-order valence-electron chi connectivity index (χ1n) is 8.52. The molecule has 0 unspecified atom stereocenters. The van der Waals surface area contributed by atoms with E-state index in [4.69, 9.17) is 4.52 Å². The molecule has 0 bridgehead atoms. The van der Waals surface area contributed by atoms with Crippen LogP contribution >= 0.6 is 0 Å². The van der Waals surface area contributed by atoms with E-state index >= 15 is 0 Å². The van der Waals surface area contributed by atoms with Crippen molar-refractivity contribution in [2.24, 2.45) is 0 Å². The number of allylic oxidation sites excluding steroid dienone is 1. The van der Waals surface area contributed by atoms with Gasteiger partial charge in [-0.25, -0.2) is 0 Å². The number of nitrogens with zero attached hydrogens (tertiary/aromatic N) is 3. The van der Waals surface area contributed by atoms with E-state index in [9.17, 15) is 4.79 Å². The topological polar surface area (TPSA) is 59.2 Å². The summed E-state index contributed by atoms with van der Waals surface area (Å²) in [5.74, 6) is 1.71. The second kappa shape index (κ2) is 7.90. The second-order valence-electron chi connectivity index (χ2n) is 6.20. The van der Waals surface area contributed by atoms with E-state index in [0.29, 0.717) is 18.9 Å². The van der Waals surface area contributed by atoms with Crippen LogP contribution in [0.15, 0.2) is 40.9 Å². The Labute approximate surface area is 142 Å². The lowest BCUT2D eigenvalue weighted by molar-refractivity contribution is -0.132. The van der Waals surface area contributed by atoms with Crippen molar-refractivity contribution < 1.29 is 9.32 Å². The molecule has 1 fully saturated rings. The zero-order valence-corrected chi connectivity index (χ0v) is 14.0. The number of likely N-dealkylation sites (tertiary alicyclic amines) is 1. The van der Waals surface area contributed by atoms with Gasteiger partial charge >= 0.3 is 0 Å². The molecular weight excluding hydrogens is 302 g/mol. The molecule has 2 aromatic rings. The van der Waals surface area contributed by atoms with Crippen molar-refractivity contribution in [2.45, 2.75) is 38.5 Å². The van der Waals surface area contributed by atoms with Crippen molar-refractivity contribution in [3.8, 4) is 0 Å². The van der Waals surface area contributed by atoms with Crippen LogP contribution < -0.4 is 0 Å². The summed E-state index contributed by atoms with van der Waals surface area (Å²) in [4.78, 5) is 18.7. The highest BCUT2D eigenvalue weighted by Gasteiger charge is 2.27. The van der Waals surface area contributed by atoms with Crippen molar-refractivity contribution in [1.82, 2.24) is 15.0 Å². The Hall–Kier alpha value is -2.43. The maximum absolute atomic E-state index is 12.4. The number of carbonyl (C=O) groups excluding carboxylic acids is 1. The Kier molecular flexibility index (Phi) is 5.41. The Morgan fingerprint density at radius 1 is 1.38 bits per heavy atom. The maximum Gasteiger partial charge on any atom is 0.223 e. The Morgan fingerprint density at radius 3 is 2.96 bits per heavy atom. The molecule has 5 heteroatoms. The van der Waals surface area contributed by atoms with Gasteiger partial charge in [-0.15, -0.1) is 0 Å². The zero-order valence-electron chi connectivity index (χ0n) is 14.0. The van der Waals surface area contributed by atoms with Crippen molar-refractivity contribution in [1.29, 1.82) is 0 Å². The van der Waals surface area contributed by atoms with E-state index in [1.54, 1.807) is 6.92 Å². The first kappa shape index (κ1) is 16.4. The van der Waals surface area contributed by atoms with Gasteiger partial charge in [0.15, 0.2) is 5.82 Å². The molecule has 1 aromatic heterocycles. The van der Waals surface area contributed by atoms with Crippen LogP contribution in [0.1, 0.15) is 48.9 Å². The minimum atomic E-state index is 0.194. The normalized spacial score (nSPS) is 18.2. The minimum absolute atomic E-state index is 0.194. The van der Waals surface area contributed by atoms with Gasteiger partial charge in [0, 0.05) is 32.4 Å². The van der Waals surface area contributed by atoms with Gasteiger partial charge < -0.3 is 9.42 Å². The number of hydrogen-bond acceptors (Lipinski definition) is 4. The lowest BCUT2D eigenvalue weighted by Gasteiger charge is -2.31. The number of amides is 1. The number of benzene rings is 1. The van der Waals surface area contributed by atoms with Crippen LogP contribution in [-0.4, -0.2) is 34.0 Å². The van der Waals surface area contributed by atoms with E-state index in [1.807, 2.05) is 23.1 Å². The molecule has 1 aliphatic heterocycles. The highest BCUT2D eigenvalue weighted by atomic mass is 16.5. The molecule has 0 radical (unpaired) electrons. The quantitative estimate of drug-likeness (QED) is 0.843. The third-order valence-electron chi connectivity index (χ3n) is 4.32.